The molecule has 0 aliphatic rings. The summed E-state index contributed by atoms with van der Waals surface area (Å²) in [7, 11) is 0. The fourth-order valence-electron chi connectivity index (χ4n) is 2.81. The van der Waals surface area contributed by atoms with E-state index in [1.807, 2.05) is 29.2 Å². The Bertz CT molecular complexity index is 654. The van der Waals surface area contributed by atoms with Crippen LogP contribution in [0.5, 0.6) is 0 Å². The fraction of sp³-hybridized carbons (Fsp3) is 0.450. The minimum atomic E-state index is -0.0110. The largest absolute Gasteiger partial charge is 0.352 e. The van der Waals surface area contributed by atoms with Gasteiger partial charge in [-0.3, -0.25) is 4.79 Å². The number of hydrogen-bond acceptors (Lipinski definition) is 4. The molecular weight excluding hydrogens is 312 g/mol. The summed E-state index contributed by atoms with van der Waals surface area (Å²) in [5.74, 6) is 0.778. The predicted octanol–water partition coefficient (Wildman–Crippen LogP) is 3.77. The van der Waals surface area contributed by atoms with Gasteiger partial charge in [-0.1, -0.05) is 44.2 Å². The lowest BCUT2D eigenvalue weighted by Crippen LogP contribution is -2.33. The van der Waals surface area contributed by atoms with Crippen LogP contribution in [0.4, 0.5) is 5.82 Å². The third kappa shape index (κ3) is 5.28. The van der Waals surface area contributed by atoms with Crippen LogP contribution in [0.3, 0.4) is 0 Å². The smallest absolute Gasteiger partial charge is 0.272 e. The zero-order valence-corrected chi connectivity index (χ0v) is 15.5. The van der Waals surface area contributed by atoms with E-state index in [-0.39, 0.29) is 5.91 Å². The molecule has 0 bridgehead atoms. The number of amides is 1. The second kappa shape index (κ2) is 9.77. The van der Waals surface area contributed by atoms with Gasteiger partial charge in [0.05, 0.1) is 0 Å². The highest BCUT2D eigenvalue weighted by atomic mass is 16.2. The van der Waals surface area contributed by atoms with Crippen molar-refractivity contribution in [3.63, 3.8) is 0 Å². The van der Waals surface area contributed by atoms with Crippen molar-refractivity contribution in [3.05, 3.63) is 54.0 Å². The molecule has 1 heterocycles. The topological polar surface area (TPSA) is 49.3 Å². The van der Waals surface area contributed by atoms with Crippen molar-refractivity contribution in [3.8, 4) is 0 Å². The Hall–Kier alpha value is -2.43. The molecule has 0 spiro atoms. The number of aromatic nitrogens is 2. The minimum absolute atomic E-state index is 0.0110. The van der Waals surface area contributed by atoms with Gasteiger partial charge in [0.15, 0.2) is 0 Å². The van der Waals surface area contributed by atoms with Crippen LogP contribution in [0.2, 0.25) is 0 Å². The molecule has 0 fully saturated rings. The molecule has 5 heteroatoms. The van der Waals surface area contributed by atoms with E-state index in [9.17, 15) is 4.79 Å². The van der Waals surface area contributed by atoms with Gasteiger partial charge < -0.3 is 9.80 Å². The summed E-state index contributed by atoms with van der Waals surface area (Å²) in [6.07, 6.45) is 3.38. The van der Waals surface area contributed by atoms with E-state index < -0.39 is 0 Å². The third-order valence-electron chi connectivity index (χ3n) is 4.07. The SMILES string of the molecule is CCCN(CCC)C(=O)c1cc(N(CC)Cc2ccccc2)ncn1. The first-order chi connectivity index (χ1) is 12.2. The second-order valence-corrected chi connectivity index (χ2v) is 6.05. The Morgan fingerprint density at radius 2 is 1.68 bits per heavy atom. The summed E-state index contributed by atoms with van der Waals surface area (Å²) < 4.78 is 0. The highest BCUT2D eigenvalue weighted by Gasteiger charge is 2.17. The van der Waals surface area contributed by atoms with Crippen LogP contribution >= 0.6 is 0 Å². The van der Waals surface area contributed by atoms with Crippen LogP contribution in [0.1, 0.15) is 49.7 Å². The van der Waals surface area contributed by atoms with Gasteiger partial charge in [-0.15, -0.1) is 0 Å². The Balaban J connectivity index is 2.19. The average Bonchev–Trinajstić information content (AvgIpc) is 2.66. The molecule has 0 atom stereocenters. The van der Waals surface area contributed by atoms with Gasteiger partial charge in [-0.25, -0.2) is 9.97 Å². The summed E-state index contributed by atoms with van der Waals surface area (Å²) in [6.45, 7) is 9.34. The lowest BCUT2D eigenvalue weighted by molar-refractivity contribution is 0.0749. The first-order valence-corrected chi connectivity index (χ1v) is 9.09. The van der Waals surface area contributed by atoms with Crippen LogP contribution in [-0.4, -0.2) is 40.4 Å². The van der Waals surface area contributed by atoms with Crippen molar-refractivity contribution < 1.29 is 4.79 Å². The molecule has 25 heavy (non-hydrogen) atoms. The van der Waals surface area contributed by atoms with Crippen molar-refractivity contribution >= 4 is 11.7 Å². The number of anilines is 1. The Morgan fingerprint density at radius 3 is 2.28 bits per heavy atom. The van der Waals surface area contributed by atoms with E-state index in [0.717, 1.165) is 44.8 Å². The molecular formula is C20H28N4O. The van der Waals surface area contributed by atoms with Gasteiger partial charge >= 0.3 is 0 Å². The average molecular weight is 340 g/mol. The van der Waals surface area contributed by atoms with Crippen molar-refractivity contribution in [1.29, 1.82) is 0 Å². The molecule has 0 aliphatic heterocycles. The van der Waals surface area contributed by atoms with Crippen molar-refractivity contribution in [1.82, 2.24) is 14.9 Å². The van der Waals surface area contributed by atoms with E-state index in [4.69, 9.17) is 0 Å². The first kappa shape index (κ1) is 18.9. The van der Waals surface area contributed by atoms with E-state index >= 15 is 0 Å². The molecule has 0 saturated heterocycles. The van der Waals surface area contributed by atoms with Crippen LogP contribution in [0, 0.1) is 0 Å². The summed E-state index contributed by atoms with van der Waals surface area (Å²) in [4.78, 5) is 25.4. The molecule has 1 aromatic heterocycles. The fourth-order valence-corrected chi connectivity index (χ4v) is 2.81. The quantitative estimate of drug-likeness (QED) is 0.697. The van der Waals surface area contributed by atoms with E-state index in [1.54, 1.807) is 0 Å². The highest BCUT2D eigenvalue weighted by molar-refractivity contribution is 5.92. The zero-order valence-electron chi connectivity index (χ0n) is 15.5. The highest BCUT2D eigenvalue weighted by Crippen LogP contribution is 2.16. The van der Waals surface area contributed by atoms with Crippen LogP contribution in [0.25, 0.3) is 0 Å². The minimum Gasteiger partial charge on any atom is -0.352 e. The number of nitrogens with zero attached hydrogens (tertiary/aromatic N) is 4. The Kier molecular flexibility index (Phi) is 7.38. The van der Waals surface area contributed by atoms with E-state index in [1.165, 1.54) is 11.9 Å². The van der Waals surface area contributed by atoms with Crippen LogP contribution in [0.15, 0.2) is 42.7 Å². The third-order valence-corrected chi connectivity index (χ3v) is 4.07. The van der Waals surface area contributed by atoms with Gasteiger partial charge in [-0.2, -0.15) is 0 Å². The summed E-state index contributed by atoms with van der Waals surface area (Å²) in [5, 5.41) is 0. The lowest BCUT2D eigenvalue weighted by atomic mass is 10.2. The van der Waals surface area contributed by atoms with Crippen LogP contribution in [-0.2, 0) is 6.54 Å². The molecule has 1 aromatic carbocycles. The maximum absolute atomic E-state index is 12.8. The summed E-state index contributed by atoms with van der Waals surface area (Å²) >= 11 is 0. The van der Waals surface area contributed by atoms with Crippen molar-refractivity contribution in [2.75, 3.05) is 24.5 Å². The molecule has 2 rings (SSSR count). The monoisotopic (exact) mass is 340 g/mol. The number of benzene rings is 1. The second-order valence-electron chi connectivity index (χ2n) is 6.05. The molecule has 0 saturated carbocycles. The summed E-state index contributed by atoms with van der Waals surface area (Å²) in [6, 6.07) is 12.1. The molecule has 0 aliphatic carbocycles. The standard InChI is InChI=1S/C20H28N4O/c1-4-12-24(13-5-2)20(25)18-14-19(22-16-21-18)23(6-3)15-17-10-8-7-9-11-17/h7-11,14,16H,4-6,12-13,15H2,1-3H3. The molecule has 0 radical (unpaired) electrons. The van der Waals surface area contributed by atoms with E-state index in [2.05, 4.69) is 47.8 Å². The maximum Gasteiger partial charge on any atom is 0.272 e. The maximum atomic E-state index is 12.8. The molecule has 0 unspecified atom stereocenters. The number of carbonyl (C=O) groups is 1. The predicted molar refractivity (Wildman–Crippen MR) is 102 cm³/mol. The van der Waals surface area contributed by atoms with Crippen molar-refractivity contribution in [2.24, 2.45) is 0 Å². The molecule has 134 valence electrons. The van der Waals surface area contributed by atoms with Crippen LogP contribution < -0.4 is 4.90 Å². The molecule has 2 aromatic rings. The Morgan fingerprint density at radius 1 is 1.00 bits per heavy atom. The normalized spacial score (nSPS) is 10.5. The summed E-state index contributed by atoms with van der Waals surface area (Å²) in [5.41, 5.74) is 1.69. The van der Waals surface area contributed by atoms with Gasteiger partial charge in [0.1, 0.15) is 17.8 Å². The van der Waals surface area contributed by atoms with Crippen molar-refractivity contribution in [2.45, 2.75) is 40.2 Å². The Labute approximate surface area is 150 Å². The molecule has 1 amide bonds. The zero-order chi connectivity index (χ0) is 18.1. The molecule has 5 nitrogen and oxygen atoms in total. The number of carbonyl (C=O) groups excluding carboxylic acids is 1. The van der Waals surface area contributed by atoms with Gasteiger partial charge in [-0.05, 0) is 25.3 Å². The first-order valence-electron chi connectivity index (χ1n) is 9.09. The van der Waals surface area contributed by atoms with Gasteiger partial charge in [0.25, 0.3) is 5.91 Å². The van der Waals surface area contributed by atoms with E-state index in [0.29, 0.717) is 5.69 Å². The molecule has 0 N–H and O–H groups in total. The number of rotatable bonds is 9. The van der Waals surface area contributed by atoms with Gasteiger partial charge in [0, 0.05) is 32.2 Å². The lowest BCUT2D eigenvalue weighted by Gasteiger charge is -2.24. The number of hydrogen-bond donors (Lipinski definition) is 0. The van der Waals surface area contributed by atoms with Gasteiger partial charge in [0.2, 0.25) is 0 Å².